The summed E-state index contributed by atoms with van der Waals surface area (Å²) in [6.45, 7) is 1.42. The molecule has 0 aromatic heterocycles. The fraction of sp³-hybridized carbons (Fsp3) is 0.200. The Hall–Kier alpha value is -0.930. The van der Waals surface area contributed by atoms with Crippen molar-refractivity contribution < 1.29 is 31.5 Å². The minimum absolute atomic E-state index is 0. The third-order valence-electron chi connectivity index (χ3n) is 2.14. The molecule has 0 saturated heterocycles. The molecule has 0 saturated carbocycles. The first-order valence-corrected chi connectivity index (χ1v) is 6.02. The first-order valence-electron chi connectivity index (χ1n) is 4.65. The summed E-state index contributed by atoms with van der Waals surface area (Å²) in [5, 5.41) is 0. The first kappa shape index (κ1) is 18.1. The van der Waals surface area contributed by atoms with Gasteiger partial charge in [0.2, 0.25) is 0 Å². The van der Waals surface area contributed by atoms with Crippen LogP contribution in [0.15, 0.2) is 18.2 Å². The third-order valence-corrected chi connectivity index (χ3v) is 2.50. The van der Waals surface area contributed by atoms with Crippen LogP contribution in [0.3, 0.4) is 0 Å². The molecule has 9 heteroatoms. The number of methoxy groups -OCH3 is 1. The average molecular weight is 298 g/mol. The predicted molar refractivity (Wildman–Crippen MR) is 66.6 cm³/mol. The molecular formula is C10H11NaO7S. The standard InChI is InChI=1S/C10H10O7S.Na.H/c1-6-7(9(11)16-2)4-3-5-8(6)10(12)17-18(13,14)15;;/h3-5H,1-2H3,(H,13,14,15);;. The summed E-state index contributed by atoms with van der Waals surface area (Å²) >= 11 is 0. The van der Waals surface area contributed by atoms with Crippen LogP contribution in [-0.2, 0) is 19.3 Å². The zero-order chi connectivity index (χ0) is 13.9. The zero-order valence-corrected chi connectivity index (χ0v) is 10.4. The quantitative estimate of drug-likeness (QED) is 0.479. The molecule has 0 radical (unpaired) electrons. The molecule has 0 fully saturated rings. The summed E-state index contributed by atoms with van der Waals surface area (Å²) in [5.41, 5.74) is 0.135. The average Bonchev–Trinajstić information content (AvgIpc) is 2.26. The van der Waals surface area contributed by atoms with Crippen molar-refractivity contribution in [1.29, 1.82) is 0 Å². The van der Waals surface area contributed by atoms with Crippen LogP contribution in [0, 0.1) is 6.92 Å². The topological polar surface area (TPSA) is 107 Å². The molecule has 100 valence electrons. The van der Waals surface area contributed by atoms with E-state index in [-0.39, 0.29) is 46.2 Å². The van der Waals surface area contributed by atoms with Crippen LogP contribution in [0.25, 0.3) is 0 Å². The molecule has 0 unspecified atom stereocenters. The number of carbonyl (C=O) groups is 2. The maximum absolute atomic E-state index is 11.4. The minimum atomic E-state index is -4.89. The Balaban J connectivity index is 0.00000324. The van der Waals surface area contributed by atoms with E-state index < -0.39 is 22.3 Å². The van der Waals surface area contributed by atoms with Gasteiger partial charge in [-0.2, -0.15) is 8.42 Å². The van der Waals surface area contributed by atoms with Gasteiger partial charge in [-0.15, -0.1) is 0 Å². The maximum atomic E-state index is 11.4. The first-order chi connectivity index (χ1) is 8.26. The van der Waals surface area contributed by atoms with Crippen LogP contribution in [0.4, 0.5) is 0 Å². The number of rotatable bonds is 3. The van der Waals surface area contributed by atoms with Gasteiger partial charge in [0.05, 0.1) is 18.2 Å². The van der Waals surface area contributed by atoms with E-state index >= 15 is 0 Å². The molecule has 0 aliphatic rings. The normalized spacial score (nSPS) is 10.3. The number of carbonyl (C=O) groups excluding carboxylic acids is 2. The molecule has 0 aliphatic heterocycles. The molecule has 1 aromatic carbocycles. The van der Waals surface area contributed by atoms with Gasteiger partial charge in [-0.25, -0.2) is 9.59 Å². The zero-order valence-electron chi connectivity index (χ0n) is 9.54. The van der Waals surface area contributed by atoms with Gasteiger partial charge in [0, 0.05) is 0 Å². The van der Waals surface area contributed by atoms with Crippen molar-refractivity contribution in [3.05, 3.63) is 34.9 Å². The Morgan fingerprint density at radius 1 is 1.16 bits per heavy atom. The molecule has 0 atom stereocenters. The second kappa shape index (κ2) is 7.01. The summed E-state index contributed by atoms with van der Waals surface area (Å²) in [5.74, 6) is -1.95. The molecule has 0 heterocycles. The second-order valence-corrected chi connectivity index (χ2v) is 4.29. The van der Waals surface area contributed by atoms with E-state index in [4.69, 9.17) is 4.55 Å². The van der Waals surface area contributed by atoms with Crippen molar-refractivity contribution in [3.8, 4) is 0 Å². The van der Waals surface area contributed by atoms with Crippen molar-refractivity contribution in [2.24, 2.45) is 0 Å². The SMILES string of the molecule is COC(=O)c1cccc(C(=O)OS(=O)(=O)O)c1C.[NaH]. The van der Waals surface area contributed by atoms with Gasteiger partial charge in [0.1, 0.15) is 0 Å². The van der Waals surface area contributed by atoms with Gasteiger partial charge in [0.15, 0.2) is 0 Å². The van der Waals surface area contributed by atoms with Crippen molar-refractivity contribution in [3.63, 3.8) is 0 Å². The van der Waals surface area contributed by atoms with E-state index in [0.717, 1.165) is 0 Å². The Morgan fingerprint density at radius 2 is 1.63 bits per heavy atom. The second-order valence-electron chi connectivity index (χ2n) is 3.27. The summed E-state index contributed by atoms with van der Waals surface area (Å²) in [6.07, 6.45) is 0. The summed E-state index contributed by atoms with van der Waals surface area (Å²) in [4.78, 5) is 22.8. The van der Waals surface area contributed by atoms with Gasteiger partial charge in [-0.1, -0.05) is 6.07 Å². The van der Waals surface area contributed by atoms with Crippen molar-refractivity contribution in [2.45, 2.75) is 6.92 Å². The van der Waals surface area contributed by atoms with E-state index in [1.165, 1.54) is 32.2 Å². The number of ether oxygens (including phenoxy) is 1. The molecule has 0 amide bonds. The molecule has 0 bridgehead atoms. The van der Waals surface area contributed by atoms with Gasteiger partial charge in [0.25, 0.3) is 0 Å². The van der Waals surface area contributed by atoms with Gasteiger partial charge in [-0.3, -0.25) is 4.55 Å². The van der Waals surface area contributed by atoms with Crippen LogP contribution >= 0.6 is 0 Å². The van der Waals surface area contributed by atoms with Crippen LogP contribution in [-0.4, -0.2) is 61.6 Å². The van der Waals surface area contributed by atoms with Crippen LogP contribution < -0.4 is 0 Å². The van der Waals surface area contributed by atoms with Gasteiger partial charge in [-0.05, 0) is 24.6 Å². The van der Waals surface area contributed by atoms with Crippen molar-refractivity contribution in [1.82, 2.24) is 0 Å². The van der Waals surface area contributed by atoms with E-state index in [2.05, 4.69) is 8.92 Å². The fourth-order valence-corrected chi connectivity index (χ4v) is 1.61. The predicted octanol–water partition coefficient (Wildman–Crippen LogP) is 0.0927. The molecule has 1 aromatic rings. The summed E-state index contributed by atoms with van der Waals surface area (Å²) in [6, 6.07) is 4.03. The van der Waals surface area contributed by atoms with Crippen LogP contribution in [0.2, 0.25) is 0 Å². The number of hydrogen-bond donors (Lipinski definition) is 1. The summed E-state index contributed by atoms with van der Waals surface area (Å²) in [7, 11) is -3.72. The van der Waals surface area contributed by atoms with Crippen molar-refractivity contribution >= 4 is 51.9 Å². The van der Waals surface area contributed by atoms with Crippen LogP contribution in [0.1, 0.15) is 26.3 Å². The van der Waals surface area contributed by atoms with E-state index in [1.807, 2.05) is 0 Å². The Labute approximate surface area is 132 Å². The molecule has 1 N–H and O–H groups in total. The van der Waals surface area contributed by atoms with Gasteiger partial charge < -0.3 is 8.92 Å². The van der Waals surface area contributed by atoms with Crippen LogP contribution in [0.5, 0.6) is 0 Å². The number of benzene rings is 1. The molecule has 0 aliphatic carbocycles. The van der Waals surface area contributed by atoms with E-state index in [0.29, 0.717) is 0 Å². The third kappa shape index (κ3) is 4.92. The molecule has 19 heavy (non-hydrogen) atoms. The van der Waals surface area contributed by atoms with Gasteiger partial charge >= 0.3 is 51.9 Å². The van der Waals surface area contributed by atoms with E-state index in [1.54, 1.807) is 0 Å². The monoisotopic (exact) mass is 298 g/mol. The fourth-order valence-electron chi connectivity index (χ4n) is 1.33. The molecule has 7 nitrogen and oxygen atoms in total. The van der Waals surface area contributed by atoms with Crippen molar-refractivity contribution in [2.75, 3.05) is 7.11 Å². The number of esters is 1. The Bertz CT molecular complexity index is 594. The molecular weight excluding hydrogens is 287 g/mol. The molecule has 0 spiro atoms. The summed E-state index contributed by atoms with van der Waals surface area (Å²) < 4.78 is 37.6. The molecule has 1 rings (SSSR count). The Morgan fingerprint density at radius 3 is 2.05 bits per heavy atom. The van der Waals surface area contributed by atoms with E-state index in [9.17, 15) is 18.0 Å². The Kier molecular flexibility index (Phi) is 6.67. The number of hydrogen-bond acceptors (Lipinski definition) is 6.